The molecule has 1 nitrogen and oxygen atoms in total. The lowest BCUT2D eigenvalue weighted by molar-refractivity contribution is 0.376. The lowest BCUT2D eigenvalue weighted by Crippen LogP contribution is -2.25. The molecule has 1 aliphatic rings. The third kappa shape index (κ3) is 5.64. The van der Waals surface area contributed by atoms with Gasteiger partial charge in [-0.25, -0.2) is 0 Å². The summed E-state index contributed by atoms with van der Waals surface area (Å²) >= 11 is 0. The Morgan fingerprint density at radius 2 is 1.86 bits per heavy atom. The first-order chi connectivity index (χ1) is 6.72. The van der Waals surface area contributed by atoms with Crippen molar-refractivity contribution in [1.82, 2.24) is 5.32 Å². The van der Waals surface area contributed by atoms with Gasteiger partial charge >= 0.3 is 0 Å². The molecule has 1 fully saturated rings. The first-order valence-electron chi connectivity index (χ1n) is 6.45. The number of hydrogen-bond acceptors (Lipinski definition) is 1. The molecule has 1 rings (SSSR count). The minimum Gasteiger partial charge on any atom is -0.314 e. The summed E-state index contributed by atoms with van der Waals surface area (Å²) in [6.07, 6.45) is 8.41. The maximum absolute atomic E-state index is 3.67. The minimum atomic E-state index is 0.871. The molecule has 1 heteroatoms. The first kappa shape index (κ1) is 12.0. The molecule has 0 aromatic carbocycles. The molecule has 0 heterocycles. The quantitative estimate of drug-likeness (QED) is 0.627. The van der Waals surface area contributed by atoms with Gasteiger partial charge in [0.2, 0.25) is 0 Å². The number of nitrogens with one attached hydrogen (secondary N) is 1. The van der Waals surface area contributed by atoms with E-state index in [0.717, 1.165) is 17.9 Å². The second-order valence-corrected chi connectivity index (χ2v) is 5.31. The zero-order valence-corrected chi connectivity index (χ0v) is 10.2. The van der Waals surface area contributed by atoms with Crippen LogP contribution in [0.5, 0.6) is 0 Å². The summed E-state index contributed by atoms with van der Waals surface area (Å²) in [4.78, 5) is 0. The highest BCUT2D eigenvalue weighted by Gasteiger charge is 2.21. The van der Waals surface area contributed by atoms with Gasteiger partial charge in [0, 0.05) is 6.04 Å². The van der Waals surface area contributed by atoms with Crippen LogP contribution in [-0.2, 0) is 0 Å². The van der Waals surface area contributed by atoms with Crippen molar-refractivity contribution >= 4 is 0 Å². The normalized spacial score (nSPS) is 18.9. The van der Waals surface area contributed by atoms with Gasteiger partial charge in [0.05, 0.1) is 0 Å². The molecule has 1 unspecified atom stereocenters. The van der Waals surface area contributed by atoms with Gasteiger partial charge in [-0.1, -0.05) is 33.6 Å². The smallest absolute Gasteiger partial charge is 0.00683 e. The molecule has 0 amide bonds. The Labute approximate surface area is 89.7 Å². The maximum atomic E-state index is 3.67. The van der Waals surface area contributed by atoms with Crippen molar-refractivity contribution in [3.63, 3.8) is 0 Å². The summed E-state index contributed by atoms with van der Waals surface area (Å²) in [5.41, 5.74) is 0. The Bertz CT molecular complexity index is 132. The summed E-state index contributed by atoms with van der Waals surface area (Å²) < 4.78 is 0. The van der Waals surface area contributed by atoms with E-state index in [4.69, 9.17) is 0 Å². The fourth-order valence-corrected chi connectivity index (χ4v) is 1.95. The van der Waals surface area contributed by atoms with Crippen molar-refractivity contribution in [3.8, 4) is 0 Å². The van der Waals surface area contributed by atoms with E-state index in [9.17, 15) is 0 Å². The molecule has 0 spiro atoms. The van der Waals surface area contributed by atoms with Crippen molar-refractivity contribution < 1.29 is 0 Å². The van der Waals surface area contributed by atoms with Gasteiger partial charge in [-0.05, 0) is 44.1 Å². The molecular formula is C13H27N. The Morgan fingerprint density at radius 3 is 2.36 bits per heavy atom. The summed E-state index contributed by atoms with van der Waals surface area (Å²) in [5, 5.41) is 3.67. The minimum absolute atomic E-state index is 0.871. The van der Waals surface area contributed by atoms with Gasteiger partial charge < -0.3 is 5.32 Å². The average molecular weight is 197 g/mol. The van der Waals surface area contributed by atoms with Crippen molar-refractivity contribution in [2.24, 2.45) is 11.8 Å². The van der Waals surface area contributed by atoms with Gasteiger partial charge in [0.1, 0.15) is 0 Å². The van der Waals surface area contributed by atoms with Crippen LogP contribution in [0, 0.1) is 11.8 Å². The van der Waals surface area contributed by atoms with E-state index in [2.05, 4.69) is 26.1 Å². The molecule has 0 aromatic heterocycles. The van der Waals surface area contributed by atoms with Crippen LogP contribution in [0.1, 0.15) is 59.3 Å². The van der Waals surface area contributed by atoms with E-state index in [-0.39, 0.29) is 0 Å². The van der Waals surface area contributed by atoms with Crippen LogP contribution < -0.4 is 5.32 Å². The van der Waals surface area contributed by atoms with E-state index < -0.39 is 0 Å². The molecule has 0 saturated heterocycles. The van der Waals surface area contributed by atoms with Gasteiger partial charge in [0.15, 0.2) is 0 Å². The van der Waals surface area contributed by atoms with Crippen LogP contribution in [0.25, 0.3) is 0 Å². The second kappa shape index (κ2) is 6.44. The van der Waals surface area contributed by atoms with E-state index in [1.54, 1.807) is 0 Å². The maximum Gasteiger partial charge on any atom is 0.00683 e. The zero-order valence-electron chi connectivity index (χ0n) is 10.2. The highest BCUT2D eigenvalue weighted by atomic mass is 14.9. The monoisotopic (exact) mass is 197 g/mol. The Balaban J connectivity index is 2.08. The van der Waals surface area contributed by atoms with Gasteiger partial charge in [-0.15, -0.1) is 0 Å². The van der Waals surface area contributed by atoms with Crippen LogP contribution in [0.3, 0.4) is 0 Å². The van der Waals surface area contributed by atoms with Crippen molar-refractivity contribution in [3.05, 3.63) is 0 Å². The molecule has 0 radical (unpaired) electrons. The SMILES string of the molecule is CCCC(CCC(C)C)CNC1CC1. The third-order valence-electron chi connectivity index (χ3n) is 3.12. The fourth-order valence-electron chi connectivity index (χ4n) is 1.95. The van der Waals surface area contributed by atoms with Crippen molar-refractivity contribution in [1.29, 1.82) is 0 Å². The van der Waals surface area contributed by atoms with Crippen molar-refractivity contribution in [2.75, 3.05) is 6.54 Å². The van der Waals surface area contributed by atoms with E-state index in [1.165, 1.54) is 45.1 Å². The Kier molecular flexibility index (Phi) is 5.54. The van der Waals surface area contributed by atoms with Crippen LogP contribution in [0.4, 0.5) is 0 Å². The summed E-state index contributed by atoms with van der Waals surface area (Å²) in [6, 6.07) is 0.883. The largest absolute Gasteiger partial charge is 0.314 e. The third-order valence-corrected chi connectivity index (χ3v) is 3.12. The van der Waals surface area contributed by atoms with Crippen LogP contribution in [-0.4, -0.2) is 12.6 Å². The number of hydrogen-bond donors (Lipinski definition) is 1. The van der Waals surface area contributed by atoms with Crippen LogP contribution >= 0.6 is 0 Å². The topological polar surface area (TPSA) is 12.0 Å². The first-order valence-corrected chi connectivity index (χ1v) is 6.45. The van der Waals surface area contributed by atoms with Gasteiger partial charge in [-0.3, -0.25) is 0 Å². The van der Waals surface area contributed by atoms with E-state index in [0.29, 0.717) is 0 Å². The summed E-state index contributed by atoms with van der Waals surface area (Å²) in [6.45, 7) is 8.24. The molecule has 1 saturated carbocycles. The highest BCUT2D eigenvalue weighted by Crippen LogP contribution is 2.21. The summed E-state index contributed by atoms with van der Waals surface area (Å²) in [7, 11) is 0. The molecular weight excluding hydrogens is 170 g/mol. The lowest BCUT2D eigenvalue weighted by atomic mass is 9.94. The van der Waals surface area contributed by atoms with E-state index >= 15 is 0 Å². The van der Waals surface area contributed by atoms with Crippen LogP contribution in [0.2, 0.25) is 0 Å². The standard InChI is InChI=1S/C13H27N/c1-4-5-12(7-6-11(2)3)10-14-13-8-9-13/h11-14H,4-10H2,1-3H3. The number of rotatable bonds is 8. The molecule has 14 heavy (non-hydrogen) atoms. The zero-order chi connectivity index (χ0) is 10.4. The second-order valence-electron chi connectivity index (χ2n) is 5.31. The van der Waals surface area contributed by atoms with Crippen LogP contribution in [0.15, 0.2) is 0 Å². The average Bonchev–Trinajstić information content (AvgIpc) is 2.93. The molecule has 84 valence electrons. The molecule has 0 aliphatic heterocycles. The summed E-state index contributed by atoms with van der Waals surface area (Å²) in [5.74, 6) is 1.80. The molecule has 1 aliphatic carbocycles. The Hall–Kier alpha value is -0.0400. The lowest BCUT2D eigenvalue weighted by Gasteiger charge is -2.17. The molecule has 0 aromatic rings. The van der Waals surface area contributed by atoms with E-state index in [1.807, 2.05) is 0 Å². The molecule has 1 atom stereocenters. The molecule has 0 bridgehead atoms. The Morgan fingerprint density at radius 1 is 1.14 bits per heavy atom. The highest BCUT2D eigenvalue weighted by molar-refractivity contribution is 4.81. The van der Waals surface area contributed by atoms with Gasteiger partial charge in [-0.2, -0.15) is 0 Å². The molecule has 1 N–H and O–H groups in total. The van der Waals surface area contributed by atoms with Gasteiger partial charge in [0.25, 0.3) is 0 Å². The fraction of sp³-hybridized carbons (Fsp3) is 1.00. The predicted molar refractivity (Wildman–Crippen MR) is 63.5 cm³/mol. The predicted octanol–water partition coefficient (Wildman–Crippen LogP) is 3.59. The van der Waals surface area contributed by atoms with Crippen molar-refractivity contribution in [2.45, 2.75) is 65.3 Å².